The molecule has 1 aliphatic heterocycles. The summed E-state index contributed by atoms with van der Waals surface area (Å²) < 4.78 is 1.37. The second-order valence-electron chi connectivity index (χ2n) is 6.86. The zero-order chi connectivity index (χ0) is 20.2. The molecule has 3 aromatic rings. The first-order chi connectivity index (χ1) is 14.1. The molecule has 0 spiro atoms. The van der Waals surface area contributed by atoms with E-state index in [4.69, 9.17) is 0 Å². The molecule has 1 aliphatic rings. The minimum Gasteiger partial charge on any atom is -0.368 e. The molecule has 148 valence electrons. The van der Waals surface area contributed by atoms with Gasteiger partial charge in [0.1, 0.15) is 23.5 Å². The molecule has 8 heteroatoms. The van der Waals surface area contributed by atoms with Crippen molar-refractivity contribution in [1.29, 1.82) is 0 Å². The smallest absolute Gasteiger partial charge is 0.263 e. The van der Waals surface area contributed by atoms with Crippen LogP contribution in [-0.4, -0.2) is 46.6 Å². The van der Waals surface area contributed by atoms with Gasteiger partial charge in [-0.05, 0) is 24.3 Å². The van der Waals surface area contributed by atoms with Crippen molar-refractivity contribution in [3.05, 3.63) is 77.0 Å². The van der Waals surface area contributed by atoms with Crippen molar-refractivity contribution < 1.29 is 4.79 Å². The van der Waals surface area contributed by atoms with Crippen molar-refractivity contribution in [1.82, 2.24) is 14.5 Å². The van der Waals surface area contributed by atoms with Crippen molar-refractivity contribution in [3.63, 3.8) is 0 Å². The predicted molar refractivity (Wildman–Crippen MR) is 113 cm³/mol. The maximum Gasteiger partial charge on any atom is 0.263 e. The van der Waals surface area contributed by atoms with Crippen LogP contribution in [0.15, 0.2) is 65.8 Å². The third-order valence-electron chi connectivity index (χ3n) is 4.99. The molecule has 8 nitrogen and oxygen atoms in total. The Labute approximate surface area is 168 Å². The summed E-state index contributed by atoms with van der Waals surface area (Å²) >= 11 is 0. The first-order valence-electron chi connectivity index (χ1n) is 9.46. The fraction of sp³-hybridized carbons (Fsp3) is 0.238. The molecule has 3 heterocycles. The molecule has 0 saturated carbocycles. The van der Waals surface area contributed by atoms with Gasteiger partial charge in [0.25, 0.3) is 11.5 Å². The van der Waals surface area contributed by atoms with Gasteiger partial charge >= 0.3 is 0 Å². The average molecular weight is 390 g/mol. The molecule has 4 rings (SSSR count). The van der Waals surface area contributed by atoms with Crippen LogP contribution in [0.1, 0.15) is 10.4 Å². The molecule has 0 radical (unpaired) electrons. The summed E-state index contributed by atoms with van der Waals surface area (Å²) in [6.07, 6.45) is 3.04. The minimum absolute atomic E-state index is 0.0756. The zero-order valence-corrected chi connectivity index (χ0v) is 16.2. The SMILES string of the molecule is Cn1cccc(C(=O)Nc2cc(N3CCN(c4ccccc4)CC3)ncn2)c1=O. The Hall–Kier alpha value is -3.68. The number of rotatable bonds is 4. The van der Waals surface area contributed by atoms with Crippen LogP contribution in [0.5, 0.6) is 0 Å². The van der Waals surface area contributed by atoms with E-state index in [9.17, 15) is 9.59 Å². The molecule has 1 saturated heterocycles. The van der Waals surface area contributed by atoms with E-state index >= 15 is 0 Å². The van der Waals surface area contributed by atoms with Gasteiger partial charge < -0.3 is 19.7 Å². The second-order valence-corrected chi connectivity index (χ2v) is 6.86. The number of carbonyl (C=O) groups is 1. The third-order valence-corrected chi connectivity index (χ3v) is 4.99. The average Bonchev–Trinajstić information content (AvgIpc) is 2.76. The number of carbonyl (C=O) groups excluding carboxylic acids is 1. The number of anilines is 3. The van der Waals surface area contributed by atoms with Gasteiger partial charge in [-0.2, -0.15) is 0 Å². The number of nitrogens with one attached hydrogen (secondary N) is 1. The van der Waals surface area contributed by atoms with Crippen molar-refractivity contribution >= 4 is 23.2 Å². The van der Waals surface area contributed by atoms with Crippen molar-refractivity contribution in [2.45, 2.75) is 0 Å². The lowest BCUT2D eigenvalue weighted by Crippen LogP contribution is -2.46. The van der Waals surface area contributed by atoms with E-state index in [0.29, 0.717) is 5.82 Å². The largest absolute Gasteiger partial charge is 0.368 e. The number of piperazine rings is 1. The van der Waals surface area contributed by atoms with Gasteiger partial charge in [-0.25, -0.2) is 9.97 Å². The van der Waals surface area contributed by atoms with E-state index in [1.165, 1.54) is 22.6 Å². The number of aryl methyl sites for hydroxylation is 1. The number of hydrogen-bond acceptors (Lipinski definition) is 6. The summed E-state index contributed by atoms with van der Waals surface area (Å²) in [7, 11) is 1.61. The summed E-state index contributed by atoms with van der Waals surface area (Å²) in [4.78, 5) is 37.6. The lowest BCUT2D eigenvalue weighted by Gasteiger charge is -2.36. The Bertz CT molecular complexity index is 1060. The van der Waals surface area contributed by atoms with Crippen LogP contribution < -0.4 is 20.7 Å². The fourth-order valence-electron chi connectivity index (χ4n) is 3.37. The van der Waals surface area contributed by atoms with E-state index in [1.54, 1.807) is 25.4 Å². The van der Waals surface area contributed by atoms with Crippen LogP contribution in [-0.2, 0) is 7.05 Å². The van der Waals surface area contributed by atoms with Crippen LogP contribution in [0.3, 0.4) is 0 Å². The van der Waals surface area contributed by atoms with Gasteiger partial charge in [0.2, 0.25) is 0 Å². The molecule has 0 aliphatic carbocycles. The van der Waals surface area contributed by atoms with Crippen LogP contribution in [0.25, 0.3) is 0 Å². The molecule has 29 heavy (non-hydrogen) atoms. The highest BCUT2D eigenvalue weighted by molar-refractivity contribution is 6.03. The van der Waals surface area contributed by atoms with Crippen molar-refractivity contribution in [3.8, 4) is 0 Å². The number of hydrogen-bond donors (Lipinski definition) is 1. The van der Waals surface area contributed by atoms with Crippen LogP contribution >= 0.6 is 0 Å². The molecule has 0 unspecified atom stereocenters. The summed E-state index contributed by atoms with van der Waals surface area (Å²) in [5, 5.41) is 2.70. The molecular formula is C21H22N6O2. The molecule has 0 bridgehead atoms. The predicted octanol–water partition coefficient (Wildman–Crippen LogP) is 1.75. The van der Waals surface area contributed by atoms with E-state index in [-0.39, 0.29) is 11.1 Å². The molecule has 0 atom stereocenters. The Morgan fingerprint density at radius 2 is 1.69 bits per heavy atom. The normalized spacial score (nSPS) is 14.0. The summed E-state index contributed by atoms with van der Waals surface area (Å²) in [5.74, 6) is 0.644. The highest BCUT2D eigenvalue weighted by Crippen LogP contribution is 2.20. The standard InChI is InChI=1S/C21H22N6O2/c1-25-9-5-8-17(21(25)29)20(28)24-18-14-19(23-15-22-18)27-12-10-26(11-13-27)16-6-3-2-4-7-16/h2-9,14-15H,10-13H2,1H3,(H,22,23,24,28). The first-order valence-corrected chi connectivity index (χ1v) is 9.46. The van der Waals surface area contributed by atoms with Gasteiger partial charge in [-0.15, -0.1) is 0 Å². The van der Waals surface area contributed by atoms with Gasteiger partial charge in [0, 0.05) is 51.2 Å². The molecule has 1 amide bonds. The number of pyridine rings is 1. The topological polar surface area (TPSA) is 83.4 Å². The summed E-state index contributed by atoms with van der Waals surface area (Å²) in [6.45, 7) is 3.41. The molecular weight excluding hydrogens is 368 g/mol. The molecule has 1 aromatic carbocycles. The van der Waals surface area contributed by atoms with Crippen LogP contribution in [0.4, 0.5) is 17.3 Å². The third kappa shape index (κ3) is 4.11. The molecule has 1 N–H and O–H groups in total. The number of benzene rings is 1. The maximum atomic E-state index is 12.5. The quantitative estimate of drug-likeness (QED) is 0.731. The number of para-hydroxylation sites is 1. The minimum atomic E-state index is -0.482. The van der Waals surface area contributed by atoms with E-state index in [2.05, 4.69) is 37.2 Å². The van der Waals surface area contributed by atoms with Gasteiger partial charge in [-0.3, -0.25) is 9.59 Å². The summed E-state index contributed by atoms with van der Waals surface area (Å²) in [6, 6.07) is 15.2. The Morgan fingerprint density at radius 1 is 0.966 bits per heavy atom. The van der Waals surface area contributed by atoms with E-state index < -0.39 is 5.91 Å². The summed E-state index contributed by atoms with van der Waals surface area (Å²) in [5.41, 5.74) is 0.940. The molecule has 2 aromatic heterocycles. The lowest BCUT2D eigenvalue weighted by molar-refractivity contribution is 0.102. The van der Waals surface area contributed by atoms with Gasteiger partial charge in [0.15, 0.2) is 0 Å². The number of nitrogens with zero attached hydrogens (tertiary/aromatic N) is 5. The molecule has 1 fully saturated rings. The highest BCUT2D eigenvalue weighted by Gasteiger charge is 2.19. The monoisotopic (exact) mass is 390 g/mol. The maximum absolute atomic E-state index is 12.5. The lowest BCUT2D eigenvalue weighted by atomic mass is 10.2. The van der Waals surface area contributed by atoms with Gasteiger partial charge in [0.05, 0.1) is 0 Å². The van der Waals surface area contributed by atoms with Crippen LogP contribution in [0, 0.1) is 0 Å². The Morgan fingerprint density at radius 3 is 2.45 bits per heavy atom. The van der Waals surface area contributed by atoms with E-state index in [1.807, 2.05) is 18.2 Å². The number of amides is 1. The van der Waals surface area contributed by atoms with Crippen molar-refractivity contribution in [2.75, 3.05) is 41.3 Å². The van der Waals surface area contributed by atoms with Crippen LogP contribution in [0.2, 0.25) is 0 Å². The van der Waals surface area contributed by atoms with E-state index in [0.717, 1.165) is 32.0 Å². The fourth-order valence-corrected chi connectivity index (χ4v) is 3.37. The first kappa shape index (κ1) is 18.7. The Kier molecular flexibility index (Phi) is 5.24. The zero-order valence-electron chi connectivity index (χ0n) is 16.2. The second kappa shape index (κ2) is 8.14. The highest BCUT2D eigenvalue weighted by atomic mass is 16.2. The van der Waals surface area contributed by atoms with Gasteiger partial charge in [-0.1, -0.05) is 18.2 Å². The Balaban J connectivity index is 1.43. The van der Waals surface area contributed by atoms with Crippen molar-refractivity contribution in [2.24, 2.45) is 7.05 Å². The number of aromatic nitrogens is 3.